The van der Waals surface area contributed by atoms with Gasteiger partial charge in [-0.2, -0.15) is 0 Å². The van der Waals surface area contributed by atoms with Crippen LogP contribution in [0.3, 0.4) is 0 Å². The molecule has 3 fully saturated rings. The van der Waals surface area contributed by atoms with Gasteiger partial charge in [0.25, 0.3) is 0 Å². The smallest absolute Gasteiger partial charge is 0.306 e. The summed E-state index contributed by atoms with van der Waals surface area (Å²) in [4.78, 5) is 12.8. The molecule has 0 unspecified atom stereocenters. The minimum atomic E-state index is 0.0477. The van der Waals surface area contributed by atoms with Crippen LogP contribution in [0.2, 0.25) is 0 Å². The van der Waals surface area contributed by atoms with Crippen molar-refractivity contribution in [3.05, 3.63) is 36.0 Å². The van der Waals surface area contributed by atoms with Gasteiger partial charge < -0.3 is 4.74 Å². The monoisotopic (exact) mass is 652 g/mol. The topological polar surface area (TPSA) is 26.3 Å². The van der Waals surface area contributed by atoms with Gasteiger partial charge in [-0.15, -0.1) is 0 Å². The Balaban J connectivity index is 1.13. The van der Waals surface area contributed by atoms with Crippen LogP contribution < -0.4 is 0 Å². The first-order valence-electron chi connectivity index (χ1n) is 20.9. The van der Waals surface area contributed by atoms with Crippen molar-refractivity contribution in [3.8, 4) is 0 Å². The van der Waals surface area contributed by atoms with Crippen molar-refractivity contribution >= 4 is 5.97 Å². The van der Waals surface area contributed by atoms with E-state index in [2.05, 4.69) is 71.9 Å². The van der Waals surface area contributed by atoms with Crippen molar-refractivity contribution in [3.63, 3.8) is 0 Å². The fraction of sp³-hybridized carbons (Fsp3) is 0.844. The van der Waals surface area contributed by atoms with Gasteiger partial charge in [0.15, 0.2) is 0 Å². The van der Waals surface area contributed by atoms with Crippen LogP contribution >= 0.6 is 0 Å². The summed E-state index contributed by atoms with van der Waals surface area (Å²) in [6, 6.07) is 0. The van der Waals surface area contributed by atoms with E-state index in [9.17, 15) is 4.79 Å². The molecule has 0 aromatic carbocycles. The maximum absolute atomic E-state index is 12.8. The van der Waals surface area contributed by atoms with Crippen LogP contribution in [0.25, 0.3) is 0 Å². The number of esters is 1. The van der Waals surface area contributed by atoms with E-state index in [1.165, 1.54) is 109 Å². The molecular weight excluding hydrogens is 575 g/mol. The Hall–Kier alpha value is -1.31. The number of hydrogen-bond donors (Lipinski definition) is 0. The molecule has 0 spiro atoms. The van der Waals surface area contributed by atoms with Gasteiger partial charge in [0.05, 0.1) is 0 Å². The third-order valence-corrected chi connectivity index (χ3v) is 13.9. The van der Waals surface area contributed by atoms with Gasteiger partial charge in [-0.1, -0.05) is 129 Å². The first-order valence-corrected chi connectivity index (χ1v) is 20.9. The zero-order valence-corrected chi connectivity index (χ0v) is 32.0. The van der Waals surface area contributed by atoms with Crippen LogP contribution in [0, 0.1) is 46.3 Å². The Bertz CT molecular complexity index is 1020. The molecule has 0 amide bonds. The molecule has 2 nitrogen and oxygen atoms in total. The molecule has 0 radical (unpaired) electrons. The third-order valence-electron chi connectivity index (χ3n) is 13.9. The minimum Gasteiger partial charge on any atom is -0.462 e. The predicted molar refractivity (Wildman–Crippen MR) is 202 cm³/mol. The SMILES string of the molecule is CCCCC/C=C\C/C=C\CCCCCCC[13C](=O)O[13C@H]1CC[C@@]2(C)C(=CC[C@H]3[C@@H]4CC[C@H]([C@H](C)CCCC(C)C)[C@@]4(C)CC[C@@H]32)[13CH2]1. The molecule has 4 aliphatic carbocycles. The highest BCUT2D eigenvalue weighted by atomic mass is 16.7. The highest BCUT2D eigenvalue weighted by Crippen LogP contribution is 2.67. The van der Waals surface area contributed by atoms with E-state index >= 15 is 0 Å². The first-order chi connectivity index (χ1) is 22.7. The summed E-state index contributed by atoms with van der Waals surface area (Å²) >= 11 is 0. The Morgan fingerprint density at radius 1 is 0.830 bits per heavy atom. The molecule has 8 atom stereocenters. The van der Waals surface area contributed by atoms with Crippen LogP contribution in [0.5, 0.6) is 0 Å². The van der Waals surface area contributed by atoms with Crippen LogP contribution in [0.1, 0.15) is 189 Å². The number of allylic oxidation sites excluding steroid dienone is 5. The van der Waals surface area contributed by atoms with Crippen LogP contribution in [0.4, 0.5) is 0 Å². The molecule has 3 saturated carbocycles. The lowest BCUT2D eigenvalue weighted by molar-refractivity contribution is -0.151. The molecule has 4 aliphatic rings. The summed E-state index contributed by atoms with van der Waals surface area (Å²) in [5.41, 5.74) is 2.52. The summed E-state index contributed by atoms with van der Waals surface area (Å²) in [5, 5.41) is 0. The standard InChI is InChI=1S/C45H76O2/c1-7-8-9-10-11-12-13-14-15-16-17-18-19-20-21-25-43(46)47-38-30-32-44(5)37(34-38)26-27-39-41-29-28-40(36(4)24-22-23-35(2)3)45(41,6)33-31-42(39)44/h11-12,14-15,26,35-36,38-42H,7-10,13,16-25,27-34H2,1-6H3/b12-11-,15-14-/t36-,38+,39+,40-,41+,42+,44+,45-/m1/s1/i34+1,38+1,43+1. The Morgan fingerprint density at radius 3 is 2.30 bits per heavy atom. The lowest BCUT2D eigenvalue weighted by Crippen LogP contribution is -2.51. The van der Waals surface area contributed by atoms with E-state index < -0.39 is 0 Å². The first kappa shape index (κ1) is 38.5. The number of unbranched alkanes of at least 4 members (excludes halogenated alkanes) is 8. The summed E-state index contributed by atoms with van der Waals surface area (Å²) in [6.45, 7) is 14.9. The number of carbonyl (C=O) groups excluding carboxylic acids is 1. The Labute approximate surface area is 292 Å². The molecule has 0 aliphatic heterocycles. The second-order valence-corrected chi connectivity index (χ2v) is 17.6. The molecule has 0 aromatic heterocycles. The van der Waals surface area contributed by atoms with Gasteiger partial charge in [0, 0.05) is 12.8 Å². The van der Waals surface area contributed by atoms with Gasteiger partial charge in [-0.25, -0.2) is 0 Å². The Kier molecular flexibility index (Phi) is 15.7. The molecule has 4 rings (SSSR count). The summed E-state index contributed by atoms with van der Waals surface area (Å²) < 4.78 is 6.12. The summed E-state index contributed by atoms with van der Waals surface area (Å²) in [7, 11) is 0. The minimum absolute atomic E-state index is 0.0477. The Morgan fingerprint density at radius 2 is 1.55 bits per heavy atom. The molecule has 0 N–H and O–H groups in total. The molecular formula is C45H76O2. The zero-order valence-electron chi connectivity index (χ0n) is 32.0. The normalized spacial score (nSPS) is 32.7. The molecule has 0 saturated heterocycles. The van der Waals surface area contributed by atoms with Gasteiger partial charge in [-0.05, 0) is 130 Å². The maximum atomic E-state index is 12.8. The van der Waals surface area contributed by atoms with Gasteiger partial charge in [0.2, 0.25) is 0 Å². The van der Waals surface area contributed by atoms with Crippen molar-refractivity contribution in [1.82, 2.24) is 0 Å². The highest BCUT2D eigenvalue weighted by Gasteiger charge is 2.59. The van der Waals surface area contributed by atoms with E-state index in [4.69, 9.17) is 4.74 Å². The molecule has 0 heterocycles. The molecule has 0 bridgehead atoms. The average Bonchev–Trinajstić information content (AvgIpc) is 3.40. The van der Waals surface area contributed by atoms with Crippen LogP contribution in [-0.2, 0) is 9.53 Å². The summed E-state index contributed by atoms with van der Waals surface area (Å²) in [6.07, 6.45) is 40.5. The van der Waals surface area contributed by atoms with E-state index in [1.807, 2.05) is 0 Å². The van der Waals surface area contributed by atoms with E-state index in [-0.39, 0.29) is 12.1 Å². The van der Waals surface area contributed by atoms with Crippen molar-refractivity contribution in [2.75, 3.05) is 0 Å². The van der Waals surface area contributed by atoms with E-state index in [0.29, 0.717) is 17.3 Å². The van der Waals surface area contributed by atoms with Gasteiger partial charge in [-0.3, -0.25) is 4.79 Å². The number of hydrogen-bond acceptors (Lipinski definition) is 2. The number of carbonyl (C=O) groups is 1. The predicted octanol–water partition coefficient (Wildman–Crippen LogP) is 13.8. The average molecular weight is 652 g/mol. The molecule has 2 heteroatoms. The van der Waals surface area contributed by atoms with Gasteiger partial charge >= 0.3 is 5.97 Å². The second-order valence-electron chi connectivity index (χ2n) is 17.6. The lowest BCUT2D eigenvalue weighted by atomic mass is 9.48. The fourth-order valence-corrected chi connectivity index (χ4v) is 11.1. The van der Waals surface area contributed by atoms with E-state index in [1.54, 1.807) is 5.57 Å². The molecule has 47 heavy (non-hydrogen) atoms. The molecule has 0 aromatic rings. The zero-order chi connectivity index (χ0) is 33.7. The number of ether oxygens (including phenoxy) is 1. The number of fused-ring (bicyclic) bond motifs is 5. The second kappa shape index (κ2) is 19.2. The lowest BCUT2D eigenvalue weighted by Gasteiger charge is -2.58. The van der Waals surface area contributed by atoms with Crippen LogP contribution in [0.15, 0.2) is 36.0 Å². The summed E-state index contributed by atoms with van der Waals surface area (Å²) in [5.74, 6) is 5.30. The quantitative estimate of drug-likeness (QED) is 0.0567. The van der Waals surface area contributed by atoms with Crippen molar-refractivity contribution in [2.24, 2.45) is 46.3 Å². The van der Waals surface area contributed by atoms with Crippen molar-refractivity contribution in [1.29, 1.82) is 0 Å². The highest BCUT2D eigenvalue weighted by molar-refractivity contribution is 5.69. The van der Waals surface area contributed by atoms with Crippen molar-refractivity contribution < 1.29 is 9.53 Å². The maximum Gasteiger partial charge on any atom is 0.306 e. The number of rotatable bonds is 20. The van der Waals surface area contributed by atoms with Crippen LogP contribution in [-0.4, -0.2) is 12.1 Å². The van der Waals surface area contributed by atoms with Gasteiger partial charge in [0.1, 0.15) is 6.10 Å². The van der Waals surface area contributed by atoms with Crippen molar-refractivity contribution in [2.45, 2.75) is 195 Å². The third kappa shape index (κ3) is 10.6. The molecule has 268 valence electrons. The largest absolute Gasteiger partial charge is 0.462 e. The van der Waals surface area contributed by atoms with E-state index in [0.717, 1.165) is 67.6 Å². The fourth-order valence-electron chi connectivity index (χ4n) is 11.1.